The van der Waals surface area contributed by atoms with Crippen LogP contribution in [-0.2, 0) is 14.8 Å². The van der Waals surface area contributed by atoms with E-state index in [9.17, 15) is 13.2 Å². The first-order chi connectivity index (χ1) is 8.37. The van der Waals surface area contributed by atoms with Gasteiger partial charge in [-0.05, 0) is 23.8 Å². The molecule has 0 heterocycles. The van der Waals surface area contributed by atoms with Gasteiger partial charge >= 0.3 is 5.97 Å². The van der Waals surface area contributed by atoms with E-state index in [4.69, 9.17) is 5.11 Å². The summed E-state index contributed by atoms with van der Waals surface area (Å²) in [5.74, 6) is -1.04. The molecule has 1 aromatic rings. The van der Waals surface area contributed by atoms with E-state index in [0.29, 0.717) is 12.1 Å². The molecule has 0 radical (unpaired) electrons. The maximum absolute atomic E-state index is 12.0. The molecule has 0 saturated heterocycles. The zero-order valence-corrected chi connectivity index (χ0v) is 11.0. The summed E-state index contributed by atoms with van der Waals surface area (Å²) in [6.45, 7) is 2.14. The van der Waals surface area contributed by atoms with Crippen molar-refractivity contribution in [3.05, 3.63) is 35.9 Å². The smallest absolute Gasteiger partial charge is 0.328 e. The van der Waals surface area contributed by atoms with Crippen LogP contribution in [0.15, 0.2) is 35.2 Å². The monoisotopic (exact) mass is 269 g/mol. The predicted molar refractivity (Wildman–Crippen MR) is 68.6 cm³/mol. The zero-order valence-electron chi connectivity index (χ0n) is 10.2. The molecule has 1 N–H and O–H groups in total. The molecule has 0 spiro atoms. The van der Waals surface area contributed by atoms with Crippen LogP contribution in [-0.4, -0.2) is 37.4 Å². The Balaban J connectivity index is 3.00. The molecule has 1 rings (SSSR count). The third kappa shape index (κ3) is 3.41. The Morgan fingerprint density at radius 1 is 1.33 bits per heavy atom. The lowest BCUT2D eigenvalue weighted by molar-refractivity contribution is -0.131. The predicted octanol–water partition coefficient (Wildman–Crippen LogP) is 1.42. The van der Waals surface area contributed by atoms with E-state index < -0.39 is 16.0 Å². The maximum atomic E-state index is 12.0. The number of carboxylic acid groups (broad SMARTS) is 1. The van der Waals surface area contributed by atoms with Gasteiger partial charge in [-0.3, -0.25) is 0 Å². The molecule has 0 aliphatic carbocycles. The molecule has 18 heavy (non-hydrogen) atoms. The van der Waals surface area contributed by atoms with Gasteiger partial charge in [0.1, 0.15) is 0 Å². The molecular weight excluding hydrogens is 254 g/mol. The first kappa shape index (κ1) is 14.4. The number of carboxylic acids is 1. The Morgan fingerprint density at radius 2 is 1.89 bits per heavy atom. The molecule has 1 aromatic carbocycles. The van der Waals surface area contributed by atoms with E-state index in [1.165, 1.54) is 29.6 Å². The Morgan fingerprint density at radius 3 is 2.33 bits per heavy atom. The number of aliphatic carboxylic acids is 1. The molecular formula is C12H15NO4S. The van der Waals surface area contributed by atoms with Crippen molar-refractivity contribution in [1.29, 1.82) is 0 Å². The molecule has 0 aliphatic heterocycles. The van der Waals surface area contributed by atoms with Gasteiger partial charge in [0.15, 0.2) is 0 Å². The van der Waals surface area contributed by atoms with Crippen LogP contribution in [0, 0.1) is 0 Å². The second kappa shape index (κ2) is 5.79. The fourth-order valence-electron chi connectivity index (χ4n) is 1.27. The first-order valence-electron chi connectivity index (χ1n) is 5.35. The third-order valence-electron chi connectivity index (χ3n) is 2.45. The normalized spacial score (nSPS) is 12.2. The highest BCUT2D eigenvalue weighted by Crippen LogP contribution is 2.15. The van der Waals surface area contributed by atoms with Crippen molar-refractivity contribution in [1.82, 2.24) is 4.31 Å². The number of sulfonamides is 1. The highest BCUT2D eigenvalue weighted by Gasteiger charge is 2.18. The standard InChI is InChI=1S/C12H15NO4S/c1-3-13(2)18(16,17)11-7-4-10(5-8-11)6-9-12(14)15/h4-9H,3H2,1-2H3,(H,14,15)/b9-6+. The summed E-state index contributed by atoms with van der Waals surface area (Å²) < 4.78 is 25.2. The van der Waals surface area contributed by atoms with E-state index in [-0.39, 0.29) is 4.90 Å². The summed E-state index contributed by atoms with van der Waals surface area (Å²) in [7, 11) is -1.94. The van der Waals surface area contributed by atoms with Crippen LogP contribution >= 0.6 is 0 Å². The molecule has 98 valence electrons. The molecule has 0 aromatic heterocycles. The van der Waals surface area contributed by atoms with Gasteiger partial charge in [-0.1, -0.05) is 19.1 Å². The van der Waals surface area contributed by atoms with Crippen LogP contribution in [0.25, 0.3) is 6.08 Å². The van der Waals surface area contributed by atoms with Crippen LogP contribution in [0.3, 0.4) is 0 Å². The number of hydrogen-bond donors (Lipinski definition) is 1. The highest BCUT2D eigenvalue weighted by atomic mass is 32.2. The minimum Gasteiger partial charge on any atom is -0.478 e. The van der Waals surface area contributed by atoms with Crippen molar-refractivity contribution >= 4 is 22.1 Å². The van der Waals surface area contributed by atoms with E-state index in [2.05, 4.69) is 0 Å². The second-order valence-corrected chi connectivity index (χ2v) is 5.70. The van der Waals surface area contributed by atoms with Gasteiger partial charge in [0.05, 0.1) is 4.90 Å². The SMILES string of the molecule is CCN(C)S(=O)(=O)c1ccc(/C=C/C(=O)O)cc1. The summed E-state index contributed by atoms with van der Waals surface area (Å²) in [5.41, 5.74) is 0.635. The summed E-state index contributed by atoms with van der Waals surface area (Å²) in [4.78, 5) is 10.5. The van der Waals surface area contributed by atoms with Crippen molar-refractivity contribution in [2.45, 2.75) is 11.8 Å². The molecule has 6 heteroatoms. The second-order valence-electron chi connectivity index (χ2n) is 3.66. The molecule has 0 saturated carbocycles. The number of nitrogens with zero attached hydrogens (tertiary/aromatic N) is 1. The summed E-state index contributed by atoms with van der Waals surface area (Å²) in [6, 6.07) is 6.05. The van der Waals surface area contributed by atoms with Crippen LogP contribution in [0.1, 0.15) is 12.5 Å². The van der Waals surface area contributed by atoms with Crippen LogP contribution < -0.4 is 0 Å². The first-order valence-corrected chi connectivity index (χ1v) is 6.79. The van der Waals surface area contributed by atoms with Crippen molar-refractivity contribution in [3.63, 3.8) is 0 Å². The van der Waals surface area contributed by atoms with Gasteiger partial charge in [-0.15, -0.1) is 0 Å². The number of rotatable bonds is 5. The highest BCUT2D eigenvalue weighted by molar-refractivity contribution is 7.89. The lowest BCUT2D eigenvalue weighted by atomic mass is 10.2. The molecule has 5 nitrogen and oxygen atoms in total. The average molecular weight is 269 g/mol. The molecule has 0 atom stereocenters. The molecule has 0 amide bonds. The largest absolute Gasteiger partial charge is 0.478 e. The minimum absolute atomic E-state index is 0.194. The maximum Gasteiger partial charge on any atom is 0.328 e. The lowest BCUT2D eigenvalue weighted by Crippen LogP contribution is -2.26. The number of carbonyl (C=O) groups is 1. The van der Waals surface area contributed by atoms with Gasteiger partial charge < -0.3 is 5.11 Å². The fraction of sp³-hybridized carbons (Fsp3) is 0.250. The van der Waals surface area contributed by atoms with E-state index in [1.807, 2.05) is 0 Å². The number of benzene rings is 1. The van der Waals surface area contributed by atoms with Gasteiger partial charge in [-0.2, -0.15) is 0 Å². The van der Waals surface area contributed by atoms with Crippen molar-refractivity contribution in [2.24, 2.45) is 0 Å². The Kier molecular flexibility index (Phi) is 4.63. The molecule has 0 fully saturated rings. The van der Waals surface area contributed by atoms with E-state index in [0.717, 1.165) is 6.08 Å². The topological polar surface area (TPSA) is 74.7 Å². The van der Waals surface area contributed by atoms with Gasteiger partial charge in [0, 0.05) is 19.7 Å². The third-order valence-corrected chi connectivity index (χ3v) is 4.40. The van der Waals surface area contributed by atoms with Crippen LogP contribution in [0.4, 0.5) is 0 Å². The van der Waals surface area contributed by atoms with Crippen molar-refractivity contribution in [2.75, 3.05) is 13.6 Å². The van der Waals surface area contributed by atoms with E-state index >= 15 is 0 Å². The van der Waals surface area contributed by atoms with Crippen LogP contribution in [0.2, 0.25) is 0 Å². The molecule has 0 bridgehead atoms. The van der Waals surface area contributed by atoms with Gasteiger partial charge in [0.25, 0.3) is 0 Å². The van der Waals surface area contributed by atoms with Gasteiger partial charge in [0.2, 0.25) is 10.0 Å². The molecule has 0 unspecified atom stereocenters. The van der Waals surface area contributed by atoms with Crippen molar-refractivity contribution < 1.29 is 18.3 Å². The summed E-state index contributed by atoms with van der Waals surface area (Å²) >= 11 is 0. The quantitative estimate of drug-likeness (QED) is 0.820. The zero-order chi connectivity index (χ0) is 13.8. The van der Waals surface area contributed by atoms with E-state index in [1.54, 1.807) is 19.1 Å². The lowest BCUT2D eigenvalue weighted by Gasteiger charge is -2.14. The Labute approximate surface area is 106 Å². The minimum atomic E-state index is -3.44. The fourth-order valence-corrected chi connectivity index (χ4v) is 2.45. The summed E-state index contributed by atoms with van der Waals surface area (Å²) in [6.07, 6.45) is 2.41. The molecule has 0 aliphatic rings. The number of hydrogen-bond acceptors (Lipinski definition) is 3. The average Bonchev–Trinajstić information content (AvgIpc) is 2.35. The summed E-state index contributed by atoms with van der Waals surface area (Å²) in [5, 5.41) is 8.47. The Bertz CT molecular complexity index is 546. The van der Waals surface area contributed by atoms with Crippen LogP contribution in [0.5, 0.6) is 0 Å². The van der Waals surface area contributed by atoms with Gasteiger partial charge in [-0.25, -0.2) is 17.5 Å². The van der Waals surface area contributed by atoms with Crippen molar-refractivity contribution in [3.8, 4) is 0 Å². The Hall–Kier alpha value is -1.66.